The molecule has 0 N–H and O–H groups in total. The number of pyridine rings is 1. The minimum atomic E-state index is -0.347. The van der Waals surface area contributed by atoms with Crippen LogP contribution in [0, 0.1) is 6.92 Å². The molecule has 2 aliphatic heterocycles. The molecule has 2 aromatic carbocycles. The molecule has 8 nitrogen and oxygen atoms in total. The van der Waals surface area contributed by atoms with Gasteiger partial charge >= 0.3 is 0 Å². The fourth-order valence-corrected chi connectivity index (χ4v) is 5.82. The van der Waals surface area contributed by atoms with Crippen molar-refractivity contribution in [2.75, 3.05) is 6.79 Å². The molecule has 6 rings (SSSR count). The van der Waals surface area contributed by atoms with Gasteiger partial charge in [0, 0.05) is 6.20 Å². The van der Waals surface area contributed by atoms with E-state index in [2.05, 4.69) is 18.8 Å². The molecule has 0 unspecified atom stereocenters. The predicted octanol–water partition coefficient (Wildman–Crippen LogP) is 6.05. The van der Waals surface area contributed by atoms with Crippen LogP contribution in [-0.4, -0.2) is 31.3 Å². The van der Waals surface area contributed by atoms with E-state index in [-0.39, 0.29) is 42.2 Å². The Balaban J connectivity index is 1.39. The molecule has 1 fully saturated rings. The normalized spacial score (nSPS) is 15.6. The van der Waals surface area contributed by atoms with Gasteiger partial charge in [-0.2, -0.15) is 4.98 Å². The monoisotopic (exact) mass is 571 g/mol. The Morgan fingerprint density at radius 3 is 2.75 bits per heavy atom. The van der Waals surface area contributed by atoms with E-state index < -0.39 is 0 Å². The van der Waals surface area contributed by atoms with Crippen molar-refractivity contribution in [1.82, 2.24) is 14.3 Å². The third-order valence-corrected chi connectivity index (χ3v) is 8.04. The van der Waals surface area contributed by atoms with Crippen LogP contribution in [0.25, 0.3) is 11.7 Å². The molecule has 4 heterocycles. The molecular formula is C30H25N3O5S2. The van der Waals surface area contributed by atoms with E-state index in [9.17, 15) is 9.59 Å². The Labute approximate surface area is 240 Å². The molecule has 0 aliphatic carbocycles. The number of ether oxygens (including phenoxy) is 3. The van der Waals surface area contributed by atoms with Gasteiger partial charge in [0.05, 0.1) is 11.4 Å². The summed E-state index contributed by atoms with van der Waals surface area (Å²) in [5.74, 6) is 1.94. The van der Waals surface area contributed by atoms with Gasteiger partial charge in [-0.3, -0.25) is 18.9 Å². The number of fused-ring (bicyclic) bond motifs is 2. The van der Waals surface area contributed by atoms with Crippen LogP contribution < -0.4 is 19.8 Å². The van der Waals surface area contributed by atoms with E-state index >= 15 is 0 Å². The lowest BCUT2D eigenvalue weighted by Gasteiger charge is -2.16. The summed E-state index contributed by atoms with van der Waals surface area (Å²) in [7, 11) is 0. The second-order valence-electron chi connectivity index (χ2n) is 9.82. The Hall–Kier alpha value is -4.15. The van der Waals surface area contributed by atoms with Crippen LogP contribution in [-0.2, 0) is 11.3 Å². The van der Waals surface area contributed by atoms with Crippen LogP contribution in [0.5, 0.6) is 23.1 Å². The van der Waals surface area contributed by atoms with Gasteiger partial charge in [0.2, 0.25) is 12.7 Å². The van der Waals surface area contributed by atoms with Gasteiger partial charge in [-0.15, -0.1) is 0 Å². The van der Waals surface area contributed by atoms with Crippen LogP contribution in [0.2, 0.25) is 0 Å². The highest BCUT2D eigenvalue weighted by Gasteiger charge is 2.33. The van der Waals surface area contributed by atoms with E-state index in [0.717, 1.165) is 28.5 Å². The number of benzene rings is 2. The summed E-state index contributed by atoms with van der Waals surface area (Å²) in [6.07, 6.45) is 3.18. The number of nitrogens with zero attached hydrogens (tertiary/aromatic N) is 3. The SMILES string of the molecule is Cc1ccc(C(C)C)c(Oc2nc3ccccn3c(=O)c2/C=C2/SC(=S)N(Cc3ccc4c(c3)OCO4)C2=O)c1. The molecule has 1 amide bonds. The van der Waals surface area contributed by atoms with Crippen molar-refractivity contribution < 1.29 is 19.0 Å². The number of thiocarbonyl (C=S) groups is 1. The average Bonchev–Trinajstić information content (AvgIpc) is 3.50. The summed E-state index contributed by atoms with van der Waals surface area (Å²) < 4.78 is 19.0. The maximum absolute atomic E-state index is 13.7. The fraction of sp³-hybridized carbons (Fsp3) is 0.200. The van der Waals surface area contributed by atoms with Crippen molar-refractivity contribution in [3.05, 3.63) is 98.3 Å². The third kappa shape index (κ3) is 4.84. The number of rotatable bonds is 6. The van der Waals surface area contributed by atoms with Gasteiger partial charge in [0.1, 0.15) is 21.3 Å². The van der Waals surface area contributed by atoms with Crippen LogP contribution in [0.1, 0.15) is 42.0 Å². The number of hydrogen-bond acceptors (Lipinski definition) is 8. The summed E-state index contributed by atoms with van der Waals surface area (Å²) in [5, 5.41) is 0. The standard InChI is InChI=1S/C30H25N3O5S2/c1-17(2)20-9-7-18(3)12-23(20)38-27-21(28(34)32-11-5-4-6-26(32)31-27)14-25-29(35)33(30(39)40-25)15-19-8-10-22-24(13-19)37-16-36-22/h4-14,17H,15-16H2,1-3H3/b25-14+. The highest BCUT2D eigenvalue weighted by molar-refractivity contribution is 8.26. The number of hydrogen-bond donors (Lipinski definition) is 0. The number of amides is 1. The van der Waals surface area contributed by atoms with Crippen molar-refractivity contribution in [3.8, 4) is 23.1 Å². The molecule has 2 aromatic heterocycles. The Morgan fingerprint density at radius 1 is 1.10 bits per heavy atom. The van der Waals surface area contributed by atoms with Crippen molar-refractivity contribution in [2.45, 2.75) is 33.2 Å². The topological polar surface area (TPSA) is 82.4 Å². The van der Waals surface area contributed by atoms with Crippen molar-refractivity contribution in [3.63, 3.8) is 0 Å². The van der Waals surface area contributed by atoms with E-state index in [4.69, 9.17) is 26.4 Å². The molecule has 2 aliphatic rings. The van der Waals surface area contributed by atoms with Gasteiger partial charge in [0.25, 0.3) is 11.5 Å². The largest absolute Gasteiger partial charge is 0.454 e. The summed E-state index contributed by atoms with van der Waals surface area (Å²) in [6, 6.07) is 16.8. The average molecular weight is 572 g/mol. The first-order valence-electron chi connectivity index (χ1n) is 12.7. The molecular weight excluding hydrogens is 546 g/mol. The molecule has 0 spiro atoms. The number of carbonyl (C=O) groups excluding carboxylic acids is 1. The number of thioether (sulfide) groups is 1. The van der Waals surface area contributed by atoms with E-state index in [0.29, 0.717) is 32.1 Å². The quantitative estimate of drug-likeness (QED) is 0.204. The van der Waals surface area contributed by atoms with Gasteiger partial charge in [0.15, 0.2) is 11.5 Å². The van der Waals surface area contributed by atoms with Crippen LogP contribution in [0.4, 0.5) is 0 Å². The summed E-state index contributed by atoms with van der Waals surface area (Å²) in [5.41, 5.74) is 3.11. The van der Waals surface area contributed by atoms with Crippen molar-refractivity contribution in [2.24, 2.45) is 0 Å². The lowest BCUT2D eigenvalue weighted by molar-refractivity contribution is -0.122. The smallest absolute Gasteiger partial charge is 0.269 e. The molecule has 4 aromatic rings. The molecule has 10 heteroatoms. The first kappa shape index (κ1) is 26.1. The van der Waals surface area contributed by atoms with Crippen molar-refractivity contribution >= 4 is 45.9 Å². The summed E-state index contributed by atoms with van der Waals surface area (Å²) >= 11 is 6.70. The minimum Gasteiger partial charge on any atom is -0.454 e. The zero-order chi connectivity index (χ0) is 28.0. The van der Waals surface area contributed by atoms with E-state index in [1.165, 1.54) is 15.4 Å². The zero-order valence-electron chi connectivity index (χ0n) is 22.0. The predicted molar refractivity (Wildman–Crippen MR) is 158 cm³/mol. The molecule has 0 bridgehead atoms. The van der Waals surface area contributed by atoms with Crippen LogP contribution in [0.15, 0.2) is 70.5 Å². The maximum Gasteiger partial charge on any atom is 0.269 e. The molecule has 1 saturated heterocycles. The molecule has 202 valence electrons. The maximum atomic E-state index is 13.7. The Morgan fingerprint density at radius 2 is 1.93 bits per heavy atom. The first-order valence-corrected chi connectivity index (χ1v) is 13.9. The Kier molecular flexibility index (Phi) is 6.81. The van der Waals surface area contributed by atoms with E-state index in [1.54, 1.807) is 24.4 Å². The first-order chi connectivity index (χ1) is 19.3. The number of aryl methyl sites for hydroxylation is 1. The number of aromatic nitrogens is 2. The fourth-order valence-electron chi connectivity index (χ4n) is 4.58. The summed E-state index contributed by atoms with van der Waals surface area (Å²) in [4.78, 5) is 33.7. The minimum absolute atomic E-state index is 0.129. The lowest BCUT2D eigenvalue weighted by atomic mass is 10.0. The second-order valence-corrected chi connectivity index (χ2v) is 11.5. The van der Waals surface area contributed by atoms with Gasteiger partial charge in [-0.1, -0.05) is 62.1 Å². The van der Waals surface area contributed by atoms with Crippen LogP contribution >= 0.6 is 24.0 Å². The highest BCUT2D eigenvalue weighted by Crippen LogP contribution is 2.38. The second kappa shape index (κ2) is 10.4. The summed E-state index contributed by atoms with van der Waals surface area (Å²) in [6.45, 7) is 6.56. The van der Waals surface area contributed by atoms with E-state index in [1.807, 2.05) is 43.3 Å². The van der Waals surface area contributed by atoms with Crippen molar-refractivity contribution in [1.29, 1.82) is 0 Å². The van der Waals surface area contributed by atoms with Gasteiger partial charge in [-0.05, 0) is 65.9 Å². The highest BCUT2D eigenvalue weighted by atomic mass is 32.2. The third-order valence-electron chi connectivity index (χ3n) is 6.66. The molecule has 0 atom stereocenters. The molecule has 0 saturated carbocycles. The number of carbonyl (C=O) groups is 1. The Bertz CT molecular complexity index is 1780. The molecule has 40 heavy (non-hydrogen) atoms. The van der Waals surface area contributed by atoms with Crippen LogP contribution in [0.3, 0.4) is 0 Å². The zero-order valence-corrected chi connectivity index (χ0v) is 23.7. The van der Waals surface area contributed by atoms with Gasteiger partial charge < -0.3 is 14.2 Å². The lowest BCUT2D eigenvalue weighted by Crippen LogP contribution is -2.27. The van der Waals surface area contributed by atoms with Gasteiger partial charge in [-0.25, -0.2) is 0 Å². The molecule has 0 radical (unpaired) electrons.